The summed E-state index contributed by atoms with van der Waals surface area (Å²) in [5.41, 5.74) is 0.0243. The maximum atomic E-state index is 12.6. The van der Waals surface area contributed by atoms with Gasteiger partial charge in [-0.05, 0) is 23.0 Å². The third-order valence-electron chi connectivity index (χ3n) is 6.05. The molecule has 0 radical (unpaired) electrons. The van der Waals surface area contributed by atoms with Gasteiger partial charge in [0.1, 0.15) is 0 Å². The molecule has 1 saturated carbocycles. The van der Waals surface area contributed by atoms with Crippen LogP contribution >= 0.6 is 0 Å². The molecule has 3 atom stereocenters. The lowest BCUT2D eigenvalue weighted by atomic mass is 9.91. The van der Waals surface area contributed by atoms with Crippen molar-refractivity contribution in [3.63, 3.8) is 0 Å². The molecule has 3 unspecified atom stereocenters. The van der Waals surface area contributed by atoms with E-state index in [9.17, 15) is 9.90 Å². The molecule has 1 heterocycles. The second kappa shape index (κ2) is 7.79. The van der Waals surface area contributed by atoms with E-state index >= 15 is 0 Å². The van der Waals surface area contributed by atoms with Crippen molar-refractivity contribution in [3.8, 4) is 12.3 Å². The molecule has 4 rings (SSSR count). The Labute approximate surface area is 166 Å². The largest absolute Gasteiger partial charge is 0.463 e. The number of ether oxygens (including phenoxy) is 1. The summed E-state index contributed by atoms with van der Waals surface area (Å²) in [5, 5.41) is 10.9. The molecule has 1 aliphatic carbocycles. The summed E-state index contributed by atoms with van der Waals surface area (Å²) in [6.07, 6.45) is 5.29. The number of terminal acetylenes is 1. The van der Waals surface area contributed by atoms with Crippen molar-refractivity contribution in [3.05, 3.63) is 71.8 Å². The number of carbonyl (C=O) groups excluding carboxylic acids is 1. The van der Waals surface area contributed by atoms with Crippen LogP contribution in [-0.2, 0) is 21.7 Å². The Kier molecular flexibility index (Phi) is 5.21. The highest BCUT2D eigenvalue weighted by Crippen LogP contribution is 2.52. The summed E-state index contributed by atoms with van der Waals surface area (Å²) in [7, 11) is 0. The number of esters is 1. The van der Waals surface area contributed by atoms with Gasteiger partial charge in [0.25, 0.3) is 0 Å². The molecule has 0 spiro atoms. The molecule has 2 aromatic rings. The van der Waals surface area contributed by atoms with Gasteiger partial charge in [-0.2, -0.15) is 0 Å². The van der Waals surface area contributed by atoms with Crippen LogP contribution in [0.3, 0.4) is 0 Å². The van der Waals surface area contributed by atoms with Crippen LogP contribution in [0.5, 0.6) is 0 Å². The fourth-order valence-electron chi connectivity index (χ4n) is 4.40. The zero-order valence-corrected chi connectivity index (χ0v) is 15.8. The van der Waals surface area contributed by atoms with E-state index in [0.29, 0.717) is 29.9 Å². The van der Waals surface area contributed by atoms with Crippen molar-refractivity contribution in [2.45, 2.75) is 18.6 Å². The van der Waals surface area contributed by atoms with Crippen molar-refractivity contribution < 1.29 is 14.6 Å². The van der Waals surface area contributed by atoms with E-state index in [1.165, 1.54) is 5.56 Å². The van der Waals surface area contributed by atoms with Gasteiger partial charge in [0, 0.05) is 25.6 Å². The molecule has 2 fully saturated rings. The van der Waals surface area contributed by atoms with Gasteiger partial charge in [0.05, 0.1) is 13.0 Å². The number of likely N-dealkylation sites (tertiary alicyclic amines) is 1. The molecule has 28 heavy (non-hydrogen) atoms. The number of hydrogen-bond acceptors (Lipinski definition) is 4. The Bertz CT molecular complexity index is 848. The maximum absolute atomic E-state index is 12.6. The fraction of sp³-hybridized carbons (Fsp3) is 0.375. The van der Waals surface area contributed by atoms with Crippen LogP contribution in [0.4, 0.5) is 0 Å². The molecule has 2 aliphatic rings. The first-order valence-electron chi connectivity index (χ1n) is 9.76. The number of benzene rings is 2. The molecule has 0 aromatic heterocycles. The number of rotatable bonds is 7. The van der Waals surface area contributed by atoms with Crippen molar-refractivity contribution >= 4 is 5.97 Å². The molecule has 1 saturated heterocycles. The summed E-state index contributed by atoms with van der Waals surface area (Å²) in [6.45, 7) is 3.40. The van der Waals surface area contributed by atoms with Crippen LogP contribution in [0.15, 0.2) is 60.7 Å². The number of piperidine rings is 1. The van der Waals surface area contributed by atoms with Gasteiger partial charge in [0.15, 0.2) is 5.60 Å². The van der Waals surface area contributed by atoms with Crippen molar-refractivity contribution in [2.24, 2.45) is 17.8 Å². The molecular weight excluding hydrogens is 350 g/mol. The zero-order valence-electron chi connectivity index (χ0n) is 15.8. The third-order valence-corrected chi connectivity index (χ3v) is 6.05. The van der Waals surface area contributed by atoms with Crippen molar-refractivity contribution in [1.29, 1.82) is 0 Å². The van der Waals surface area contributed by atoms with Gasteiger partial charge in [-0.15, -0.1) is 12.3 Å². The Morgan fingerprint density at radius 3 is 2.32 bits per heavy atom. The van der Waals surface area contributed by atoms with Gasteiger partial charge in [-0.3, -0.25) is 4.90 Å². The SMILES string of the molecule is C#CCC(O)(C(=O)OCC1C2CN(Cc3ccccc3)CC12)c1ccccc1. The van der Waals surface area contributed by atoms with E-state index in [4.69, 9.17) is 11.2 Å². The molecule has 4 nitrogen and oxygen atoms in total. The Morgan fingerprint density at radius 2 is 1.71 bits per heavy atom. The number of carbonyl (C=O) groups is 1. The highest BCUT2D eigenvalue weighted by atomic mass is 16.5. The number of aliphatic hydroxyl groups is 1. The summed E-state index contributed by atoms with van der Waals surface area (Å²) in [5.74, 6) is 3.30. The molecule has 0 amide bonds. The van der Waals surface area contributed by atoms with Crippen molar-refractivity contribution in [1.82, 2.24) is 4.90 Å². The van der Waals surface area contributed by atoms with Crippen LogP contribution in [-0.4, -0.2) is 35.7 Å². The van der Waals surface area contributed by atoms with Gasteiger partial charge < -0.3 is 9.84 Å². The first-order valence-corrected chi connectivity index (χ1v) is 9.76. The fourth-order valence-corrected chi connectivity index (χ4v) is 4.40. The first kappa shape index (κ1) is 18.7. The Hall–Kier alpha value is -2.61. The lowest BCUT2D eigenvalue weighted by molar-refractivity contribution is -0.167. The smallest absolute Gasteiger partial charge is 0.343 e. The summed E-state index contributed by atoms with van der Waals surface area (Å²) in [4.78, 5) is 15.1. The Morgan fingerprint density at radius 1 is 1.11 bits per heavy atom. The number of fused-ring (bicyclic) bond motifs is 1. The van der Waals surface area contributed by atoms with E-state index in [2.05, 4.69) is 35.1 Å². The molecule has 1 aliphatic heterocycles. The number of nitrogens with zero attached hydrogens (tertiary/aromatic N) is 1. The Balaban J connectivity index is 1.29. The van der Waals surface area contributed by atoms with Crippen LogP contribution in [0, 0.1) is 30.1 Å². The highest BCUT2D eigenvalue weighted by molar-refractivity contribution is 5.81. The topological polar surface area (TPSA) is 49.8 Å². The van der Waals surface area contributed by atoms with Crippen LogP contribution in [0.1, 0.15) is 17.5 Å². The average molecular weight is 375 g/mol. The number of hydrogen-bond donors (Lipinski definition) is 1. The van der Waals surface area contributed by atoms with Crippen LogP contribution < -0.4 is 0 Å². The lowest BCUT2D eigenvalue weighted by Crippen LogP contribution is -2.37. The quantitative estimate of drug-likeness (QED) is 0.597. The minimum absolute atomic E-state index is 0.0990. The third kappa shape index (κ3) is 3.69. The van der Waals surface area contributed by atoms with E-state index in [1.54, 1.807) is 24.3 Å². The predicted molar refractivity (Wildman–Crippen MR) is 107 cm³/mol. The van der Waals surface area contributed by atoms with Gasteiger partial charge in [-0.1, -0.05) is 60.7 Å². The average Bonchev–Trinajstić information content (AvgIpc) is 3.18. The highest BCUT2D eigenvalue weighted by Gasteiger charge is 2.56. The standard InChI is InChI=1S/C24H25NO3/c1-2-13-24(27,19-11-7-4-8-12-19)23(26)28-17-22-20-15-25(16-21(20)22)14-18-9-5-3-6-10-18/h1,3-12,20-22,27H,13-17H2. The predicted octanol–water partition coefficient (Wildman–Crippen LogP) is 2.82. The van der Waals surface area contributed by atoms with Gasteiger partial charge in [0.2, 0.25) is 0 Å². The molecule has 144 valence electrons. The van der Waals surface area contributed by atoms with Crippen LogP contribution in [0.25, 0.3) is 0 Å². The van der Waals surface area contributed by atoms with E-state index in [1.807, 2.05) is 12.1 Å². The van der Waals surface area contributed by atoms with Gasteiger partial charge in [-0.25, -0.2) is 4.79 Å². The summed E-state index contributed by atoms with van der Waals surface area (Å²) >= 11 is 0. The second-order valence-corrected chi connectivity index (χ2v) is 7.88. The monoisotopic (exact) mass is 375 g/mol. The molecule has 1 N–H and O–H groups in total. The van der Waals surface area contributed by atoms with Crippen molar-refractivity contribution in [2.75, 3.05) is 19.7 Å². The maximum Gasteiger partial charge on any atom is 0.343 e. The molecule has 4 heteroatoms. The zero-order chi connectivity index (χ0) is 19.6. The van der Waals surface area contributed by atoms with E-state index < -0.39 is 11.6 Å². The molecular formula is C24H25NO3. The molecule has 2 aromatic carbocycles. The normalized spacial score (nSPS) is 25.4. The van der Waals surface area contributed by atoms with Crippen LogP contribution in [0.2, 0.25) is 0 Å². The van der Waals surface area contributed by atoms with Gasteiger partial charge >= 0.3 is 5.97 Å². The minimum Gasteiger partial charge on any atom is -0.463 e. The second-order valence-electron chi connectivity index (χ2n) is 7.88. The lowest BCUT2D eigenvalue weighted by Gasteiger charge is -2.25. The van der Waals surface area contributed by atoms with E-state index in [-0.39, 0.29) is 6.42 Å². The molecule has 0 bridgehead atoms. The first-order chi connectivity index (χ1) is 13.6. The van der Waals surface area contributed by atoms with E-state index in [0.717, 1.165) is 19.6 Å². The summed E-state index contributed by atoms with van der Waals surface area (Å²) < 4.78 is 5.52. The minimum atomic E-state index is -1.78. The summed E-state index contributed by atoms with van der Waals surface area (Å²) in [6, 6.07) is 19.3.